The van der Waals surface area contributed by atoms with Crippen LogP contribution in [0.2, 0.25) is 5.02 Å². The third kappa shape index (κ3) is 2.82. The maximum atomic E-state index is 13.4. The molecule has 2 aromatic rings. The van der Waals surface area contributed by atoms with Crippen molar-refractivity contribution in [3.05, 3.63) is 58.6 Å². The van der Waals surface area contributed by atoms with Gasteiger partial charge in [0, 0.05) is 5.02 Å². The zero-order valence-electron chi connectivity index (χ0n) is 9.45. The maximum Gasteiger partial charge on any atom is 0.259 e. The lowest BCUT2D eigenvalue weighted by Crippen LogP contribution is -2.14. The molecule has 0 atom stereocenters. The van der Waals surface area contributed by atoms with Gasteiger partial charge in [-0.25, -0.2) is 8.78 Å². The van der Waals surface area contributed by atoms with Gasteiger partial charge in [0.05, 0.1) is 5.56 Å². The van der Waals surface area contributed by atoms with Crippen molar-refractivity contribution < 1.29 is 18.7 Å². The number of benzene rings is 2. The SMILES string of the molecule is O=C(Nc1c(F)cccc1F)c1cc(Cl)ccc1O. The molecule has 0 fully saturated rings. The van der Waals surface area contributed by atoms with Gasteiger partial charge >= 0.3 is 0 Å². The molecule has 0 aliphatic rings. The molecule has 6 heteroatoms. The Morgan fingerprint density at radius 1 is 1.16 bits per heavy atom. The summed E-state index contributed by atoms with van der Waals surface area (Å²) in [4.78, 5) is 11.8. The van der Waals surface area contributed by atoms with E-state index >= 15 is 0 Å². The van der Waals surface area contributed by atoms with Crippen molar-refractivity contribution in [3.63, 3.8) is 0 Å². The van der Waals surface area contributed by atoms with E-state index in [1.165, 1.54) is 24.3 Å². The van der Waals surface area contributed by atoms with Crippen molar-refractivity contribution in [1.82, 2.24) is 0 Å². The van der Waals surface area contributed by atoms with Gasteiger partial charge in [0.1, 0.15) is 23.1 Å². The summed E-state index contributed by atoms with van der Waals surface area (Å²) in [5.74, 6) is -3.01. The van der Waals surface area contributed by atoms with Gasteiger partial charge in [-0.15, -0.1) is 0 Å². The summed E-state index contributed by atoms with van der Waals surface area (Å²) in [7, 11) is 0. The molecule has 0 bridgehead atoms. The van der Waals surface area contributed by atoms with Crippen LogP contribution in [0.4, 0.5) is 14.5 Å². The predicted molar refractivity (Wildman–Crippen MR) is 67.4 cm³/mol. The number of aromatic hydroxyl groups is 1. The molecule has 0 heterocycles. The Morgan fingerprint density at radius 3 is 2.42 bits per heavy atom. The van der Waals surface area contributed by atoms with E-state index in [0.29, 0.717) is 0 Å². The number of amides is 1. The summed E-state index contributed by atoms with van der Waals surface area (Å²) in [6, 6.07) is 7.00. The van der Waals surface area contributed by atoms with E-state index < -0.39 is 23.2 Å². The van der Waals surface area contributed by atoms with Crippen molar-refractivity contribution in [2.75, 3.05) is 5.32 Å². The molecule has 2 aromatic carbocycles. The van der Waals surface area contributed by atoms with E-state index in [4.69, 9.17) is 11.6 Å². The molecule has 0 radical (unpaired) electrons. The largest absolute Gasteiger partial charge is 0.507 e. The Bertz CT molecular complexity index is 626. The van der Waals surface area contributed by atoms with E-state index in [9.17, 15) is 18.7 Å². The average Bonchev–Trinajstić information content (AvgIpc) is 2.37. The minimum Gasteiger partial charge on any atom is -0.507 e. The zero-order chi connectivity index (χ0) is 14.0. The Balaban J connectivity index is 2.34. The van der Waals surface area contributed by atoms with Crippen LogP contribution in [-0.2, 0) is 0 Å². The Labute approximate surface area is 112 Å². The molecule has 0 saturated carbocycles. The van der Waals surface area contributed by atoms with E-state index in [2.05, 4.69) is 5.32 Å². The summed E-state index contributed by atoms with van der Waals surface area (Å²) < 4.78 is 26.7. The number of nitrogens with one attached hydrogen (secondary N) is 1. The highest BCUT2D eigenvalue weighted by molar-refractivity contribution is 6.31. The van der Waals surface area contributed by atoms with E-state index in [1.807, 2.05) is 0 Å². The third-order valence-corrected chi connectivity index (χ3v) is 2.64. The second-order valence-electron chi connectivity index (χ2n) is 3.71. The summed E-state index contributed by atoms with van der Waals surface area (Å²) in [6.45, 7) is 0. The zero-order valence-corrected chi connectivity index (χ0v) is 10.2. The van der Waals surface area contributed by atoms with Crippen LogP contribution in [-0.4, -0.2) is 11.0 Å². The van der Waals surface area contributed by atoms with Crippen LogP contribution in [0.25, 0.3) is 0 Å². The highest BCUT2D eigenvalue weighted by atomic mass is 35.5. The van der Waals surface area contributed by atoms with Crippen molar-refractivity contribution in [2.24, 2.45) is 0 Å². The van der Waals surface area contributed by atoms with Gasteiger partial charge in [0.15, 0.2) is 0 Å². The molecule has 1 amide bonds. The number of carbonyl (C=O) groups is 1. The maximum absolute atomic E-state index is 13.4. The minimum absolute atomic E-state index is 0.171. The van der Waals surface area contributed by atoms with Crippen LogP contribution in [0.15, 0.2) is 36.4 Å². The average molecular weight is 284 g/mol. The molecule has 3 nitrogen and oxygen atoms in total. The first-order valence-electron chi connectivity index (χ1n) is 5.23. The number of rotatable bonds is 2. The molecule has 2 N–H and O–H groups in total. The number of para-hydroxylation sites is 1. The molecule has 19 heavy (non-hydrogen) atoms. The van der Waals surface area contributed by atoms with Crippen LogP contribution in [0, 0.1) is 11.6 Å². The number of carbonyl (C=O) groups excluding carboxylic acids is 1. The van der Waals surface area contributed by atoms with Crippen molar-refractivity contribution in [2.45, 2.75) is 0 Å². The Morgan fingerprint density at radius 2 is 1.79 bits per heavy atom. The monoisotopic (exact) mass is 283 g/mol. The summed E-state index contributed by atoms with van der Waals surface area (Å²) in [6.07, 6.45) is 0. The fourth-order valence-electron chi connectivity index (χ4n) is 1.49. The van der Waals surface area contributed by atoms with Gasteiger partial charge in [0.2, 0.25) is 0 Å². The molecule has 0 aromatic heterocycles. The van der Waals surface area contributed by atoms with Gasteiger partial charge in [0.25, 0.3) is 5.91 Å². The Kier molecular flexibility index (Phi) is 3.66. The number of hydrogen-bond donors (Lipinski definition) is 2. The first-order chi connectivity index (χ1) is 8.99. The normalized spacial score (nSPS) is 10.3. The molecule has 0 aliphatic heterocycles. The second-order valence-corrected chi connectivity index (χ2v) is 4.15. The topological polar surface area (TPSA) is 49.3 Å². The third-order valence-electron chi connectivity index (χ3n) is 2.40. The number of halogens is 3. The van der Waals surface area contributed by atoms with E-state index in [-0.39, 0.29) is 16.3 Å². The van der Waals surface area contributed by atoms with Gasteiger partial charge in [-0.1, -0.05) is 17.7 Å². The Hall–Kier alpha value is -2.14. The molecular formula is C13H8ClF2NO2. The molecule has 0 aliphatic carbocycles. The molecule has 0 unspecified atom stereocenters. The van der Waals surface area contributed by atoms with Crippen LogP contribution in [0.5, 0.6) is 5.75 Å². The summed E-state index contributed by atoms with van der Waals surface area (Å²) in [5.41, 5.74) is -0.748. The van der Waals surface area contributed by atoms with Crippen LogP contribution < -0.4 is 5.32 Å². The molecular weight excluding hydrogens is 276 g/mol. The smallest absolute Gasteiger partial charge is 0.259 e. The first kappa shape index (κ1) is 13.3. The molecule has 2 rings (SSSR count). The summed E-state index contributed by atoms with van der Waals surface area (Å²) >= 11 is 5.69. The predicted octanol–water partition coefficient (Wildman–Crippen LogP) is 3.58. The van der Waals surface area contributed by atoms with Crippen molar-refractivity contribution in [3.8, 4) is 5.75 Å². The molecule has 0 saturated heterocycles. The van der Waals surface area contributed by atoms with Gasteiger partial charge in [-0.05, 0) is 30.3 Å². The number of anilines is 1. The van der Waals surface area contributed by atoms with Gasteiger partial charge < -0.3 is 10.4 Å². The van der Waals surface area contributed by atoms with Crippen LogP contribution in [0.3, 0.4) is 0 Å². The van der Waals surface area contributed by atoms with Crippen LogP contribution in [0.1, 0.15) is 10.4 Å². The quantitative estimate of drug-likeness (QED) is 0.885. The van der Waals surface area contributed by atoms with Crippen molar-refractivity contribution >= 4 is 23.2 Å². The standard InChI is InChI=1S/C13H8ClF2NO2/c14-7-4-5-11(18)8(6-7)13(19)17-12-9(15)2-1-3-10(12)16/h1-6,18H,(H,17,19). The minimum atomic E-state index is -0.908. The lowest BCUT2D eigenvalue weighted by molar-refractivity contribution is 0.102. The number of phenolic OH excluding ortho intramolecular Hbond substituents is 1. The summed E-state index contributed by atoms with van der Waals surface area (Å²) in [5, 5.41) is 11.8. The van der Waals surface area contributed by atoms with E-state index in [1.54, 1.807) is 0 Å². The number of phenols is 1. The van der Waals surface area contributed by atoms with Gasteiger partial charge in [-0.3, -0.25) is 4.79 Å². The van der Waals surface area contributed by atoms with Crippen LogP contribution >= 0.6 is 11.6 Å². The lowest BCUT2D eigenvalue weighted by atomic mass is 10.2. The van der Waals surface area contributed by atoms with E-state index in [0.717, 1.165) is 12.1 Å². The fourth-order valence-corrected chi connectivity index (χ4v) is 1.66. The highest BCUT2D eigenvalue weighted by Gasteiger charge is 2.16. The van der Waals surface area contributed by atoms with Gasteiger partial charge in [-0.2, -0.15) is 0 Å². The molecule has 98 valence electrons. The number of hydrogen-bond acceptors (Lipinski definition) is 2. The van der Waals surface area contributed by atoms with Crippen molar-refractivity contribution in [1.29, 1.82) is 0 Å². The highest BCUT2D eigenvalue weighted by Crippen LogP contribution is 2.24. The first-order valence-corrected chi connectivity index (χ1v) is 5.60. The molecule has 0 spiro atoms. The second kappa shape index (κ2) is 5.24. The fraction of sp³-hybridized carbons (Fsp3) is 0. The lowest BCUT2D eigenvalue weighted by Gasteiger charge is -2.08.